The van der Waals surface area contributed by atoms with E-state index in [2.05, 4.69) is 205 Å². The second-order valence-corrected chi connectivity index (χ2v) is 16.2. The molecule has 3 heteroatoms. The molecular weight excluding hydrogens is 703 g/mol. The van der Waals surface area contributed by atoms with Crippen LogP contribution in [0.4, 0.5) is 17.1 Å². The minimum absolute atomic E-state index is 1.12. The summed E-state index contributed by atoms with van der Waals surface area (Å²) < 4.78 is 5.20. The van der Waals surface area contributed by atoms with Gasteiger partial charge in [-0.1, -0.05) is 152 Å². The van der Waals surface area contributed by atoms with Crippen molar-refractivity contribution in [1.82, 2.24) is 0 Å². The molecule has 0 aliphatic rings. The van der Waals surface area contributed by atoms with E-state index in [4.69, 9.17) is 0 Å². The molecule has 258 valence electrons. The Morgan fingerprint density at radius 3 is 1.78 bits per heavy atom. The number of hydrogen-bond acceptors (Lipinski definition) is 3. The molecule has 2 aromatic heterocycles. The summed E-state index contributed by atoms with van der Waals surface area (Å²) in [6.07, 6.45) is 0. The third kappa shape index (κ3) is 5.35. The molecule has 11 rings (SSSR count). The molecule has 11 aromatic rings. The first-order valence-electron chi connectivity index (χ1n) is 18.7. The number of rotatable bonds is 6. The largest absolute Gasteiger partial charge is 0.309 e. The standard InChI is InChI=1S/C52H33NS2/c1-2-13-34(14-3-1)35-27-29-37(30-28-35)53(47-23-11-22-44-42-18-6-8-24-48(42)55-52(44)47)38-31-32-41(46(33-38)40-20-10-16-36-15-4-5-17-39(36)40)43-21-12-26-50-51(43)45-19-7-9-25-49(45)54-50/h1-33H. The van der Waals surface area contributed by atoms with E-state index in [9.17, 15) is 0 Å². The Kier molecular flexibility index (Phi) is 7.61. The van der Waals surface area contributed by atoms with E-state index in [0.717, 1.165) is 11.4 Å². The van der Waals surface area contributed by atoms with Crippen LogP contribution in [0.1, 0.15) is 0 Å². The fraction of sp³-hybridized carbons (Fsp3) is 0. The van der Waals surface area contributed by atoms with Gasteiger partial charge in [-0.05, 0) is 92.7 Å². The summed E-state index contributed by atoms with van der Waals surface area (Å²) in [4.78, 5) is 2.46. The lowest BCUT2D eigenvalue weighted by atomic mass is 9.89. The SMILES string of the molecule is c1ccc(-c2ccc(N(c3ccc(-c4cccc5sc6ccccc6c45)c(-c4cccc5ccccc45)c3)c3cccc4c3sc3ccccc34)cc2)cc1. The summed E-state index contributed by atoms with van der Waals surface area (Å²) in [5, 5.41) is 7.69. The molecule has 9 aromatic carbocycles. The first kappa shape index (κ1) is 32.0. The predicted molar refractivity (Wildman–Crippen MR) is 241 cm³/mol. The normalized spacial score (nSPS) is 11.6. The monoisotopic (exact) mass is 735 g/mol. The van der Waals surface area contributed by atoms with Crippen molar-refractivity contribution in [2.45, 2.75) is 0 Å². The van der Waals surface area contributed by atoms with Crippen LogP contribution in [-0.4, -0.2) is 0 Å². The Morgan fingerprint density at radius 2 is 0.927 bits per heavy atom. The highest BCUT2D eigenvalue weighted by Gasteiger charge is 2.22. The molecule has 0 bridgehead atoms. The minimum atomic E-state index is 1.12. The number of thiophene rings is 2. The number of benzene rings is 9. The van der Waals surface area contributed by atoms with Gasteiger partial charge in [0.15, 0.2) is 0 Å². The maximum atomic E-state index is 2.46. The molecule has 0 radical (unpaired) electrons. The lowest BCUT2D eigenvalue weighted by Crippen LogP contribution is -2.10. The van der Waals surface area contributed by atoms with Crippen molar-refractivity contribution >= 4 is 90.9 Å². The molecular formula is C52H33NS2. The van der Waals surface area contributed by atoms with Crippen molar-refractivity contribution in [3.63, 3.8) is 0 Å². The lowest BCUT2D eigenvalue weighted by molar-refractivity contribution is 1.30. The molecule has 0 amide bonds. The van der Waals surface area contributed by atoms with Gasteiger partial charge in [0.05, 0.1) is 10.4 Å². The number of nitrogens with zero attached hydrogens (tertiary/aromatic N) is 1. The first-order chi connectivity index (χ1) is 27.3. The van der Waals surface area contributed by atoms with Crippen LogP contribution in [-0.2, 0) is 0 Å². The predicted octanol–water partition coefficient (Wildman–Crippen LogP) is 16.0. The van der Waals surface area contributed by atoms with Gasteiger partial charge in [-0.15, -0.1) is 22.7 Å². The van der Waals surface area contributed by atoms with Gasteiger partial charge in [-0.25, -0.2) is 0 Å². The molecule has 0 N–H and O–H groups in total. The molecule has 2 heterocycles. The topological polar surface area (TPSA) is 3.24 Å². The van der Waals surface area contributed by atoms with Crippen LogP contribution < -0.4 is 4.90 Å². The molecule has 0 atom stereocenters. The molecule has 1 nitrogen and oxygen atoms in total. The Bertz CT molecular complexity index is 3200. The number of anilines is 3. The van der Waals surface area contributed by atoms with Crippen LogP contribution in [0.2, 0.25) is 0 Å². The van der Waals surface area contributed by atoms with E-state index in [0.29, 0.717) is 0 Å². The zero-order valence-electron chi connectivity index (χ0n) is 29.8. The molecule has 0 saturated carbocycles. The second kappa shape index (κ2) is 13.1. The van der Waals surface area contributed by atoms with Crippen molar-refractivity contribution in [3.8, 4) is 33.4 Å². The molecule has 0 aliphatic heterocycles. The average Bonchev–Trinajstić information content (AvgIpc) is 3.83. The maximum Gasteiger partial charge on any atom is 0.0640 e. The quantitative estimate of drug-likeness (QED) is 0.164. The van der Waals surface area contributed by atoms with Crippen LogP contribution in [0.3, 0.4) is 0 Å². The van der Waals surface area contributed by atoms with Crippen molar-refractivity contribution < 1.29 is 0 Å². The van der Waals surface area contributed by atoms with Crippen LogP contribution in [0.5, 0.6) is 0 Å². The number of hydrogen-bond donors (Lipinski definition) is 0. The van der Waals surface area contributed by atoms with Crippen molar-refractivity contribution in [1.29, 1.82) is 0 Å². The van der Waals surface area contributed by atoms with E-state index in [1.54, 1.807) is 0 Å². The smallest absolute Gasteiger partial charge is 0.0640 e. The van der Waals surface area contributed by atoms with E-state index in [1.807, 2.05) is 22.7 Å². The van der Waals surface area contributed by atoms with Crippen LogP contribution in [0, 0.1) is 0 Å². The van der Waals surface area contributed by atoms with E-state index >= 15 is 0 Å². The molecule has 0 unspecified atom stereocenters. The summed E-state index contributed by atoms with van der Waals surface area (Å²) in [5.41, 5.74) is 10.8. The van der Waals surface area contributed by atoms with Crippen LogP contribution in [0.15, 0.2) is 200 Å². The van der Waals surface area contributed by atoms with Crippen molar-refractivity contribution in [2.24, 2.45) is 0 Å². The second-order valence-electron chi connectivity index (χ2n) is 14.0. The summed E-state index contributed by atoms with van der Waals surface area (Å²) in [5.74, 6) is 0. The molecule has 0 saturated heterocycles. The lowest BCUT2D eigenvalue weighted by Gasteiger charge is -2.28. The van der Waals surface area contributed by atoms with Gasteiger partial charge < -0.3 is 4.90 Å². The summed E-state index contributed by atoms with van der Waals surface area (Å²) in [7, 11) is 0. The van der Waals surface area contributed by atoms with Crippen LogP contribution in [0.25, 0.3) is 84.5 Å². The molecule has 0 fully saturated rings. The molecule has 0 spiro atoms. The van der Waals surface area contributed by atoms with Gasteiger partial charge >= 0.3 is 0 Å². The third-order valence-electron chi connectivity index (χ3n) is 10.9. The zero-order valence-corrected chi connectivity index (χ0v) is 31.4. The minimum Gasteiger partial charge on any atom is -0.309 e. The van der Waals surface area contributed by atoms with Gasteiger partial charge in [0.1, 0.15) is 0 Å². The van der Waals surface area contributed by atoms with Gasteiger partial charge in [0.2, 0.25) is 0 Å². The first-order valence-corrected chi connectivity index (χ1v) is 20.3. The van der Waals surface area contributed by atoms with E-state index < -0.39 is 0 Å². The van der Waals surface area contributed by atoms with Crippen molar-refractivity contribution in [2.75, 3.05) is 4.90 Å². The Labute approximate surface area is 327 Å². The Hall–Kier alpha value is -6.52. The summed E-state index contributed by atoms with van der Waals surface area (Å²) in [6, 6.07) is 73.5. The maximum absolute atomic E-state index is 2.46. The van der Waals surface area contributed by atoms with Crippen LogP contribution >= 0.6 is 22.7 Å². The zero-order chi connectivity index (χ0) is 36.3. The molecule has 0 aliphatic carbocycles. The Morgan fingerprint density at radius 1 is 0.327 bits per heavy atom. The van der Waals surface area contributed by atoms with Gasteiger partial charge in [0.25, 0.3) is 0 Å². The van der Waals surface area contributed by atoms with Gasteiger partial charge in [-0.3, -0.25) is 0 Å². The average molecular weight is 736 g/mol. The molecule has 55 heavy (non-hydrogen) atoms. The summed E-state index contributed by atoms with van der Waals surface area (Å²) in [6.45, 7) is 0. The van der Waals surface area contributed by atoms with Crippen molar-refractivity contribution in [3.05, 3.63) is 200 Å². The van der Waals surface area contributed by atoms with Gasteiger partial charge in [0, 0.05) is 47.0 Å². The van der Waals surface area contributed by atoms with E-state index in [1.165, 1.54) is 90.2 Å². The number of fused-ring (bicyclic) bond motifs is 7. The highest BCUT2D eigenvalue weighted by Crippen LogP contribution is 2.49. The fourth-order valence-corrected chi connectivity index (χ4v) is 10.7. The third-order valence-corrected chi connectivity index (χ3v) is 13.2. The Balaban J connectivity index is 1.19. The summed E-state index contributed by atoms with van der Waals surface area (Å²) >= 11 is 3.74. The highest BCUT2D eigenvalue weighted by atomic mass is 32.1. The fourth-order valence-electron chi connectivity index (χ4n) is 8.36. The highest BCUT2D eigenvalue weighted by molar-refractivity contribution is 7.26. The van der Waals surface area contributed by atoms with Gasteiger partial charge in [-0.2, -0.15) is 0 Å². The van der Waals surface area contributed by atoms with E-state index in [-0.39, 0.29) is 0 Å².